The van der Waals surface area contributed by atoms with E-state index >= 15 is 0 Å². The monoisotopic (exact) mass is 150 g/mol. The Balaban J connectivity index is -0.000000109. The van der Waals surface area contributed by atoms with E-state index in [0.29, 0.717) is 0 Å². The summed E-state index contributed by atoms with van der Waals surface area (Å²) in [5, 5.41) is 0. The highest BCUT2D eigenvalue weighted by atomic mass is 32.1. The van der Waals surface area contributed by atoms with Crippen LogP contribution in [-0.4, -0.2) is 0 Å². The van der Waals surface area contributed by atoms with Crippen LogP contribution >= 0.6 is 13.5 Å². The zero-order valence-corrected chi connectivity index (χ0v) is 8.49. The van der Waals surface area contributed by atoms with Gasteiger partial charge in [0.25, 0.3) is 0 Å². The Kier molecular flexibility index (Phi) is 28.3. The zero-order valence-electron chi connectivity index (χ0n) is 7.49. The van der Waals surface area contributed by atoms with Crippen LogP contribution in [0.5, 0.6) is 0 Å². The first kappa shape index (κ1) is 16.2. The maximum atomic E-state index is 2.25. The SMILES string of the molecule is CC.CCCC(C)C.S. The van der Waals surface area contributed by atoms with Crippen molar-refractivity contribution < 1.29 is 0 Å². The molecule has 0 radical (unpaired) electrons. The largest absolute Gasteiger partial charge is 0.197 e. The van der Waals surface area contributed by atoms with E-state index in [1.807, 2.05) is 13.8 Å². The van der Waals surface area contributed by atoms with Crippen molar-refractivity contribution in [1.82, 2.24) is 0 Å². The van der Waals surface area contributed by atoms with Gasteiger partial charge in [0.2, 0.25) is 0 Å². The summed E-state index contributed by atoms with van der Waals surface area (Å²) in [6, 6.07) is 0. The molecule has 0 amide bonds. The molecule has 0 N–H and O–H groups in total. The molecular weight excluding hydrogens is 128 g/mol. The summed E-state index contributed by atoms with van der Waals surface area (Å²) < 4.78 is 0. The highest BCUT2D eigenvalue weighted by Crippen LogP contribution is 2.00. The molecule has 0 heterocycles. The summed E-state index contributed by atoms with van der Waals surface area (Å²) in [4.78, 5) is 0. The van der Waals surface area contributed by atoms with Crippen LogP contribution in [-0.2, 0) is 0 Å². The van der Waals surface area contributed by atoms with Crippen molar-refractivity contribution in [2.24, 2.45) is 5.92 Å². The molecule has 0 nitrogen and oxygen atoms in total. The Morgan fingerprint density at radius 1 is 1.11 bits per heavy atom. The predicted molar refractivity (Wildman–Crippen MR) is 51.5 cm³/mol. The molecule has 0 aliphatic carbocycles. The Hall–Kier alpha value is 0.350. The van der Waals surface area contributed by atoms with E-state index < -0.39 is 0 Å². The van der Waals surface area contributed by atoms with Gasteiger partial charge < -0.3 is 0 Å². The lowest BCUT2D eigenvalue weighted by atomic mass is 10.1. The van der Waals surface area contributed by atoms with Crippen molar-refractivity contribution in [2.75, 3.05) is 0 Å². The second-order valence-corrected chi connectivity index (χ2v) is 2.18. The van der Waals surface area contributed by atoms with Crippen molar-refractivity contribution in [3.8, 4) is 0 Å². The second kappa shape index (κ2) is 15.8. The number of hydrogen-bond donors (Lipinski definition) is 0. The first-order valence-corrected chi connectivity index (χ1v) is 3.77. The summed E-state index contributed by atoms with van der Waals surface area (Å²) in [5.74, 6) is 0.898. The van der Waals surface area contributed by atoms with Crippen LogP contribution in [0.3, 0.4) is 0 Å². The van der Waals surface area contributed by atoms with E-state index in [1.54, 1.807) is 0 Å². The lowest BCUT2D eigenvalue weighted by Gasteiger charge is -1.95. The van der Waals surface area contributed by atoms with Crippen LogP contribution in [0, 0.1) is 5.92 Å². The molecule has 0 spiro atoms. The van der Waals surface area contributed by atoms with Crippen LogP contribution in [0.25, 0.3) is 0 Å². The van der Waals surface area contributed by atoms with Gasteiger partial charge in [0.1, 0.15) is 0 Å². The van der Waals surface area contributed by atoms with E-state index in [2.05, 4.69) is 20.8 Å². The van der Waals surface area contributed by atoms with Crippen molar-refractivity contribution >= 4 is 13.5 Å². The van der Waals surface area contributed by atoms with E-state index in [4.69, 9.17) is 0 Å². The molecule has 0 unspecified atom stereocenters. The molecule has 0 saturated heterocycles. The summed E-state index contributed by atoms with van der Waals surface area (Å²) in [5.41, 5.74) is 0. The van der Waals surface area contributed by atoms with Gasteiger partial charge in [0, 0.05) is 0 Å². The standard InChI is InChI=1S/C6H14.C2H6.H2S/c1-4-5-6(2)3;1-2;/h6H,4-5H2,1-3H3;1-2H3;1H2. The first-order valence-electron chi connectivity index (χ1n) is 3.77. The highest BCUT2D eigenvalue weighted by molar-refractivity contribution is 7.59. The maximum absolute atomic E-state index is 2.25. The molecule has 60 valence electrons. The van der Waals surface area contributed by atoms with Crippen molar-refractivity contribution in [3.63, 3.8) is 0 Å². The molecule has 0 aliphatic rings. The molecule has 0 aromatic heterocycles. The molecule has 0 atom stereocenters. The van der Waals surface area contributed by atoms with E-state index in [-0.39, 0.29) is 13.5 Å². The van der Waals surface area contributed by atoms with E-state index in [9.17, 15) is 0 Å². The lowest BCUT2D eigenvalue weighted by Crippen LogP contribution is -1.81. The van der Waals surface area contributed by atoms with Crippen molar-refractivity contribution in [2.45, 2.75) is 47.5 Å². The van der Waals surface area contributed by atoms with Gasteiger partial charge in [-0.15, -0.1) is 0 Å². The molecule has 0 aliphatic heterocycles. The van der Waals surface area contributed by atoms with E-state index in [1.165, 1.54) is 12.8 Å². The average Bonchev–Trinajstić information content (AvgIpc) is 1.72. The average molecular weight is 150 g/mol. The molecule has 0 saturated carbocycles. The van der Waals surface area contributed by atoms with Gasteiger partial charge in [-0.1, -0.05) is 47.5 Å². The fraction of sp³-hybridized carbons (Fsp3) is 1.00. The summed E-state index contributed by atoms with van der Waals surface area (Å²) in [6.07, 6.45) is 2.71. The van der Waals surface area contributed by atoms with Crippen LogP contribution in [0.1, 0.15) is 47.5 Å². The molecule has 0 rings (SSSR count). The third-order valence-corrected chi connectivity index (χ3v) is 0.866. The quantitative estimate of drug-likeness (QED) is 0.564. The minimum absolute atomic E-state index is 0. The molecule has 0 fully saturated rings. The summed E-state index contributed by atoms with van der Waals surface area (Å²) in [6.45, 7) is 10.7. The van der Waals surface area contributed by atoms with Gasteiger partial charge in [-0.25, -0.2) is 0 Å². The Labute approximate surface area is 67.5 Å². The third-order valence-electron chi connectivity index (χ3n) is 0.866. The third kappa shape index (κ3) is 30.0. The minimum Gasteiger partial charge on any atom is -0.197 e. The fourth-order valence-corrected chi connectivity index (χ4v) is 0.577. The molecule has 1 heteroatoms. The second-order valence-electron chi connectivity index (χ2n) is 2.18. The van der Waals surface area contributed by atoms with E-state index in [0.717, 1.165) is 5.92 Å². The number of rotatable bonds is 2. The topological polar surface area (TPSA) is 0 Å². The number of hydrogen-bond acceptors (Lipinski definition) is 0. The minimum atomic E-state index is 0. The Bertz CT molecular complexity index is 25.7. The molecule has 9 heavy (non-hydrogen) atoms. The highest BCUT2D eigenvalue weighted by Gasteiger charge is 1.85. The maximum Gasteiger partial charge on any atom is -0.0471 e. The lowest BCUT2D eigenvalue weighted by molar-refractivity contribution is 0.576. The first-order chi connectivity index (χ1) is 3.77. The van der Waals surface area contributed by atoms with Gasteiger partial charge >= 0.3 is 0 Å². The smallest absolute Gasteiger partial charge is 0.0471 e. The van der Waals surface area contributed by atoms with Crippen LogP contribution in [0.2, 0.25) is 0 Å². The zero-order chi connectivity index (χ0) is 6.99. The van der Waals surface area contributed by atoms with Crippen LogP contribution in [0.4, 0.5) is 0 Å². The van der Waals surface area contributed by atoms with Gasteiger partial charge in [0.05, 0.1) is 0 Å². The molecule has 0 bridgehead atoms. The predicted octanol–water partition coefficient (Wildman–Crippen LogP) is 3.58. The molecule has 0 aromatic carbocycles. The van der Waals surface area contributed by atoms with Gasteiger partial charge in [-0.05, 0) is 5.92 Å². The summed E-state index contributed by atoms with van der Waals surface area (Å²) >= 11 is 0. The Morgan fingerprint density at radius 3 is 1.44 bits per heavy atom. The Morgan fingerprint density at radius 2 is 1.44 bits per heavy atom. The van der Waals surface area contributed by atoms with Gasteiger partial charge in [-0.3, -0.25) is 0 Å². The fourth-order valence-electron chi connectivity index (χ4n) is 0.577. The van der Waals surface area contributed by atoms with Crippen LogP contribution < -0.4 is 0 Å². The molecule has 0 aromatic rings. The van der Waals surface area contributed by atoms with Crippen molar-refractivity contribution in [3.05, 3.63) is 0 Å². The van der Waals surface area contributed by atoms with Gasteiger partial charge in [-0.2, -0.15) is 13.5 Å². The molecular formula is C8H22S. The van der Waals surface area contributed by atoms with Crippen molar-refractivity contribution in [1.29, 1.82) is 0 Å². The van der Waals surface area contributed by atoms with Crippen LogP contribution in [0.15, 0.2) is 0 Å². The normalized spacial score (nSPS) is 7.33. The summed E-state index contributed by atoms with van der Waals surface area (Å²) in [7, 11) is 0. The van der Waals surface area contributed by atoms with Gasteiger partial charge in [0.15, 0.2) is 0 Å².